The molecule has 78 valence electrons. The molecule has 4 N–H and O–H groups in total. The van der Waals surface area contributed by atoms with E-state index in [1.54, 1.807) is 7.11 Å². The highest BCUT2D eigenvalue weighted by Gasteiger charge is 2.05. The Morgan fingerprint density at radius 2 is 2.21 bits per heavy atom. The number of hydrogen-bond donors (Lipinski definition) is 2. The number of benzene rings is 1. The van der Waals surface area contributed by atoms with Crippen LogP contribution in [-0.4, -0.2) is 13.7 Å². The Labute approximate surface area is 85.0 Å². The summed E-state index contributed by atoms with van der Waals surface area (Å²) >= 11 is 0. The molecule has 0 aliphatic rings. The molecule has 1 aromatic rings. The van der Waals surface area contributed by atoms with Crippen molar-refractivity contribution in [2.75, 3.05) is 13.7 Å². The minimum atomic E-state index is 0.0636. The SMILES string of the molecule is COc1cccc([C@@H](N)CCCN)c1. The highest BCUT2D eigenvalue weighted by atomic mass is 16.5. The van der Waals surface area contributed by atoms with Gasteiger partial charge < -0.3 is 16.2 Å². The summed E-state index contributed by atoms with van der Waals surface area (Å²) in [6.07, 6.45) is 1.88. The Balaban J connectivity index is 2.64. The van der Waals surface area contributed by atoms with Crippen molar-refractivity contribution in [3.05, 3.63) is 29.8 Å². The summed E-state index contributed by atoms with van der Waals surface area (Å²) in [5.74, 6) is 0.852. The van der Waals surface area contributed by atoms with Gasteiger partial charge in [-0.05, 0) is 37.1 Å². The van der Waals surface area contributed by atoms with Crippen molar-refractivity contribution in [2.45, 2.75) is 18.9 Å². The number of methoxy groups -OCH3 is 1. The second kappa shape index (κ2) is 5.62. The molecule has 0 fully saturated rings. The fraction of sp³-hybridized carbons (Fsp3) is 0.455. The van der Waals surface area contributed by atoms with Gasteiger partial charge in [0.1, 0.15) is 5.75 Å². The zero-order chi connectivity index (χ0) is 10.4. The van der Waals surface area contributed by atoms with E-state index in [2.05, 4.69) is 0 Å². The molecule has 14 heavy (non-hydrogen) atoms. The lowest BCUT2D eigenvalue weighted by Crippen LogP contribution is -2.12. The van der Waals surface area contributed by atoms with Crippen LogP contribution >= 0.6 is 0 Å². The van der Waals surface area contributed by atoms with Crippen molar-refractivity contribution in [1.82, 2.24) is 0 Å². The number of rotatable bonds is 5. The van der Waals surface area contributed by atoms with E-state index in [4.69, 9.17) is 16.2 Å². The molecular weight excluding hydrogens is 176 g/mol. The zero-order valence-corrected chi connectivity index (χ0v) is 8.57. The lowest BCUT2D eigenvalue weighted by atomic mass is 10.0. The van der Waals surface area contributed by atoms with Gasteiger partial charge in [-0.2, -0.15) is 0 Å². The molecule has 3 heteroatoms. The van der Waals surface area contributed by atoms with E-state index in [1.165, 1.54) is 0 Å². The van der Waals surface area contributed by atoms with Crippen molar-refractivity contribution in [2.24, 2.45) is 11.5 Å². The summed E-state index contributed by atoms with van der Waals surface area (Å²) in [7, 11) is 1.66. The van der Waals surface area contributed by atoms with Gasteiger partial charge >= 0.3 is 0 Å². The van der Waals surface area contributed by atoms with Crippen LogP contribution < -0.4 is 16.2 Å². The zero-order valence-electron chi connectivity index (χ0n) is 8.57. The molecule has 0 spiro atoms. The maximum absolute atomic E-state index is 5.99. The molecule has 1 rings (SSSR count). The lowest BCUT2D eigenvalue weighted by Gasteiger charge is -2.12. The van der Waals surface area contributed by atoms with Crippen LogP contribution in [0, 0.1) is 0 Å². The fourth-order valence-electron chi connectivity index (χ4n) is 1.38. The van der Waals surface area contributed by atoms with Crippen LogP contribution in [0.3, 0.4) is 0 Å². The van der Waals surface area contributed by atoms with Gasteiger partial charge in [0, 0.05) is 6.04 Å². The predicted molar refractivity (Wildman–Crippen MR) is 58.2 cm³/mol. The van der Waals surface area contributed by atoms with Gasteiger partial charge in [-0.25, -0.2) is 0 Å². The van der Waals surface area contributed by atoms with Crippen molar-refractivity contribution in [1.29, 1.82) is 0 Å². The van der Waals surface area contributed by atoms with E-state index in [0.717, 1.165) is 24.2 Å². The lowest BCUT2D eigenvalue weighted by molar-refractivity contribution is 0.413. The Kier molecular flexibility index (Phi) is 4.43. The molecule has 1 atom stereocenters. The van der Waals surface area contributed by atoms with E-state index in [1.807, 2.05) is 24.3 Å². The van der Waals surface area contributed by atoms with Crippen molar-refractivity contribution >= 4 is 0 Å². The molecule has 0 saturated heterocycles. The molecule has 1 aromatic carbocycles. The Morgan fingerprint density at radius 1 is 1.43 bits per heavy atom. The maximum atomic E-state index is 5.99. The van der Waals surface area contributed by atoms with Gasteiger partial charge in [-0.1, -0.05) is 12.1 Å². The standard InChI is InChI=1S/C11H18N2O/c1-14-10-5-2-4-9(8-10)11(13)6-3-7-12/h2,4-5,8,11H,3,6-7,12-13H2,1H3/t11-/m0/s1. The topological polar surface area (TPSA) is 61.3 Å². The summed E-state index contributed by atoms with van der Waals surface area (Å²) in [6, 6.07) is 7.93. The first-order chi connectivity index (χ1) is 6.77. The van der Waals surface area contributed by atoms with Gasteiger partial charge in [0.05, 0.1) is 7.11 Å². The van der Waals surface area contributed by atoms with Gasteiger partial charge in [-0.15, -0.1) is 0 Å². The maximum Gasteiger partial charge on any atom is 0.119 e. The third-order valence-corrected chi connectivity index (χ3v) is 2.24. The van der Waals surface area contributed by atoms with Gasteiger partial charge in [0.15, 0.2) is 0 Å². The molecule has 0 unspecified atom stereocenters. The van der Waals surface area contributed by atoms with Crippen LogP contribution in [0.5, 0.6) is 5.75 Å². The minimum absolute atomic E-state index is 0.0636. The molecule has 0 aliphatic carbocycles. The molecule has 0 heterocycles. The van der Waals surface area contributed by atoms with Crippen molar-refractivity contribution < 1.29 is 4.74 Å². The summed E-state index contributed by atoms with van der Waals surface area (Å²) in [6.45, 7) is 0.692. The van der Waals surface area contributed by atoms with Gasteiger partial charge in [0.2, 0.25) is 0 Å². The summed E-state index contributed by atoms with van der Waals surface area (Å²) < 4.78 is 5.13. The normalized spacial score (nSPS) is 12.5. The van der Waals surface area contributed by atoms with E-state index >= 15 is 0 Å². The first-order valence-electron chi connectivity index (χ1n) is 4.87. The van der Waals surface area contributed by atoms with Crippen molar-refractivity contribution in [3.8, 4) is 5.75 Å². The molecular formula is C11H18N2O. The molecule has 0 saturated carbocycles. The fourth-order valence-corrected chi connectivity index (χ4v) is 1.38. The molecule has 0 amide bonds. The number of nitrogens with two attached hydrogens (primary N) is 2. The third kappa shape index (κ3) is 3.01. The van der Waals surface area contributed by atoms with Crippen LogP contribution in [0.2, 0.25) is 0 Å². The second-order valence-electron chi connectivity index (χ2n) is 3.31. The smallest absolute Gasteiger partial charge is 0.119 e. The van der Waals surface area contributed by atoms with Crippen LogP contribution in [-0.2, 0) is 0 Å². The Morgan fingerprint density at radius 3 is 2.86 bits per heavy atom. The predicted octanol–water partition coefficient (Wildman–Crippen LogP) is 1.43. The van der Waals surface area contributed by atoms with Crippen LogP contribution in [0.15, 0.2) is 24.3 Å². The second-order valence-corrected chi connectivity index (χ2v) is 3.31. The first kappa shape index (κ1) is 11.0. The van der Waals surface area contributed by atoms with Crippen LogP contribution in [0.1, 0.15) is 24.4 Å². The Bertz CT molecular complexity index is 276. The molecule has 0 aromatic heterocycles. The summed E-state index contributed by atoms with van der Waals surface area (Å²) in [4.78, 5) is 0. The molecule has 0 aliphatic heterocycles. The van der Waals surface area contributed by atoms with Crippen LogP contribution in [0.4, 0.5) is 0 Å². The largest absolute Gasteiger partial charge is 0.497 e. The molecule has 0 bridgehead atoms. The van der Waals surface area contributed by atoms with E-state index in [9.17, 15) is 0 Å². The third-order valence-electron chi connectivity index (χ3n) is 2.24. The monoisotopic (exact) mass is 194 g/mol. The molecule has 3 nitrogen and oxygen atoms in total. The first-order valence-corrected chi connectivity index (χ1v) is 4.87. The molecule has 0 radical (unpaired) electrons. The minimum Gasteiger partial charge on any atom is -0.497 e. The number of hydrogen-bond acceptors (Lipinski definition) is 3. The van der Waals surface area contributed by atoms with E-state index < -0.39 is 0 Å². The quantitative estimate of drug-likeness (QED) is 0.745. The summed E-state index contributed by atoms with van der Waals surface area (Å²) in [5, 5.41) is 0. The van der Waals surface area contributed by atoms with E-state index in [0.29, 0.717) is 6.54 Å². The average Bonchev–Trinajstić information content (AvgIpc) is 2.26. The highest BCUT2D eigenvalue weighted by Crippen LogP contribution is 2.20. The van der Waals surface area contributed by atoms with E-state index in [-0.39, 0.29) is 6.04 Å². The van der Waals surface area contributed by atoms with Crippen LogP contribution in [0.25, 0.3) is 0 Å². The summed E-state index contributed by atoms with van der Waals surface area (Å²) in [5.41, 5.74) is 12.5. The van der Waals surface area contributed by atoms with Gasteiger partial charge in [-0.3, -0.25) is 0 Å². The highest BCUT2D eigenvalue weighted by molar-refractivity contribution is 5.30. The number of ether oxygens (including phenoxy) is 1. The van der Waals surface area contributed by atoms with Crippen molar-refractivity contribution in [3.63, 3.8) is 0 Å². The van der Waals surface area contributed by atoms with Gasteiger partial charge in [0.25, 0.3) is 0 Å². The Hall–Kier alpha value is -1.06. The average molecular weight is 194 g/mol.